The van der Waals surface area contributed by atoms with Crippen molar-refractivity contribution in [1.82, 2.24) is 20.6 Å². The molecule has 0 saturated carbocycles. The van der Waals surface area contributed by atoms with Gasteiger partial charge in [-0.2, -0.15) is 0 Å². The van der Waals surface area contributed by atoms with Crippen molar-refractivity contribution in [1.29, 1.82) is 0 Å². The maximum absolute atomic E-state index is 12.4. The zero-order valence-corrected chi connectivity index (χ0v) is 18.0. The Morgan fingerprint density at radius 1 is 1.03 bits per heavy atom. The second kappa shape index (κ2) is 10.5. The number of hydrogen-bond donors (Lipinski definition) is 2. The van der Waals surface area contributed by atoms with Crippen LogP contribution < -0.4 is 10.6 Å². The summed E-state index contributed by atoms with van der Waals surface area (Å²) in [4.78, 5) is 65.7. The van der Waals surface area contributed by atoms with Crippen LogP contribution in [0.1, 0.15) is 59.3 Å². The standard InChI is InChI=1S/C20H32N4O6/c1-20(2,3)13-23-12-4-5-14(23)19(29)22-10-8-15(25)21-11-9-18(28)30-24-16(26)6-7-17(24)27/h14H,4-13H2,1-3H3,(H,21,25)(H,22,29)/i1+1,2+1,3+1,4+1,5+1,12+1,13+1,14+1,23+1. The van der Waals surface area contributed by atoms with E-state index in [1.54, 1.807) is 0 Å². The van der Waals surface area contributed by atoms with E-state index in [0.717, 1.165) is 25.9 Å². The molecule has 0 spiro atoms. The topological polar surface area (TPSA) is 125 Å². The van der Waals surface area contributed by atoms with Crippen LogP contribution >= 0.6 is 0 Å². The molecule has 2 rings (SSSR count). The van der Waals surface area contributed by atoms with Crippen LogP contribution in [-0.4, -0.2) is 71.8 Å². The summed E-state index contributed by atoms with van der Waals surface area (Å²) < 4.78 is 0. The van der Waals surface area contributed by atoms with Gasteiger partial charge in [0.2, 0.25) is 11.8 Å². The van der Waals surface area contributed by atoms with Crippen LogP contribution in [0.15, 0.2) is 0 Å². The fourth-order valence-electron chi connectivity index (χ4n) is 3.54. The summed E-state index contributed by atoms with van der Waals surface area (Å²) >= 11 is 0. The Morgan fingerprint density at radius 3 is 2.30 bits per heavy atom. The molecule has 1 atom stereocenters. The molecule has 2 saturated heterocycles. The van der Waals surface area contributed by atoms with E-state index in [9.17, 15) is 24.0 Å². The molecule has 4 amide bonds. The first-order valence-corrected chi connectivity index (χ1v) is 10.4. The molecule has 2 aliphatic heterocycles. The number of rotatable bonds is 9. The van der Waals surface area contributed by atoms with Gasteiger partial charge in [0.15, 0.2) is 0 Å². The van der Waals surface area contributed by atoms with Gasteiger partial charge in [-0.15, -0.1) is 5.06 Å². The van der Waals surface area contributed by atoms with Crippen molar-refractivity contribution in [3.05, 3.63) is 0 Å². The molecular weight excluding hydrogens is 401 g/mol. The molecule has 2 aliphatic rings. The predicted octanol–water partition coefficient (Wildman–Crippen LogP) is 0.117. The molecule has 2 fully saturated rings. The summed E-state index contributed by atoms with van der Waals surface area (Å²) in [7, 11) is 0. The molecule has 30 heavy (non-hydrogen) atoms. The number of imide groups is 1. The minimum Gasteiger partial charge on any atom is -0.355 e. The Morgan fingerprint density at radius 2 is 1.67 bits per heavy atom. The van der Waals surface area contributed by atoms with Gasteiger partial charge >= 0.3 is 5.97 Å². The number of likely N-dealkylation sites (tertiary alicyclic amines) is 1. The van der Waals surface area contributed by atoms with Crippen LogP contribution in [-0.2, 0) is 28.8 Å². The van der Waals surface area contributed by atoms with Gasteiger partial charge in [0.05, 0.1) is 12.5 Å². The Bertz CT molecular complexity index is 671. The number of nitrogens with one attached hydrogen (secondary N) is 2. The smallest absolute Gasteiger partial charge is 0.334 e. The van der Waals surface area contributed by atoms with Crippen molar-refractivity contribution in [3.63, 3.8) is 0 Å². The van der Waals surface area contributed by atoms with E-state index in [4.69, 9.17) is 4.84 Å². The molecule has 0 aromatic rings. The molecule has 0 aromatic heterocycles. The van der Waals surface area contributed by atoms with Crippen LogP contribution in [0, 0.1) is 5.41 Å². The van der Waals surface area contributed by atoms with Gasteiger partial charge in [0.25, 0.3) is 11.8 Å². The van der Waals surface area contributed by atoms with Gasteiger partial charge in [0, 0.05) is 38.9 Å². The highest BCUT2D eigenvalue weighted by molar-refractivity contribution is 6.01. The molecule has 10 heteroatoms. The first-order chi connectivity index (χ1) is 14.1. The molecule has 2 N–H and O–H groups in total. The van der Waals surface area contributed by atoms with Crippen LogP contribution in [0.2, 0.25) is 0 Å². The Balaban J connectivity index is 1.60. The third kappa shape index (κ3) is 7.40. The van der Waals surface area contributed by atoms with E-state index in [0.29, 0.717) is 5.06 Å². The van der Waals surface area contributed by atoms with Gasteiger partial charge in [-0.25, -0.2) is 4.79 Å². The predicted molar refractivity (Wildman–Crippen MR) is 106 cm³/mol. The van der Waals surface area contributed by atoms with Crippen molar-refractivity contribution in [3.8, 4) is 0 Å². The summed E-state index contributed by atoms with van der Waals surface area (Å²) in [5.74, 6) is -2.23. The lowest BCUT2D eigenvalue weighted by atomic mass is 10.3. The Kier molecular flexibility index (Phi) is 8.33. The summed E-state index contributed by atoms with van der Waals surface area (Å²) in [6.07, 6.45) is 1.79. The average molecular weight is 433 g/mol. The lowest BCUT2D eigenvalue weighted by molar-refractivity contribution is -0.197. The fraction of sp³-hybridized carbons (Fsp3) is 0.750. The highest BCUT2D eigenvalue weighted by Crippen LogP contribution is 2.23. The highest BCUT2D eigenvalue weighted by atomic mass is 16.7. The van der Waals surface area contributed by atoms with Crippen molar-refractivity contribution < 1.29 is 28.8 Å². The monoisotopic (exact) mass is 433 g/mol. The van der Waals surface area contributed by atoms with Crippen molar-refractivity contribution in [2.24, 2.45) is 5.41 Å². The quantitative estimate of drug-likeness (QED) is 0.301. The fourth-order valence-corrected chi connectivity index (χ4v) is 3.54. The maximum Gasteiger partial charge on any atom is 0.334 e. The Hall–Kier alpha value is -2.49. The van der Waals surface area contributed by atoms with Gasteiger partial charge in [0.1, 0.15) is 0 Å². The SMILES string of the molecule is [13CH3]C([13CH3])([13CH3])[13CH2][15N]1[13CH2][13CH2][13CH2][13CH]1C(=O)NCCC(=O)NCCC(=O)ON1C(=O)CCC1=O. The maximum atomic E-state index is 12.4. The van der Waals surface area contributed by atoms with Crippen molar-refractivity contribution in [2.45, 2.75) is 65.3 Å². The second-order valence-electron chi connectivity index (χ2n) is 8.88. The van der Waals surface area contributed by atoms with Crippen LogP contribution in [0.4, 0.5) is 0 Å². The van der Waals surface area contributed by atoms with E-state index >= 15 is 0 Å². The molecule has 0 bridgehead atoms. The van der Waals surface area contributed by atoms with Crippen LogP contribution in [0.5, 0.6) is 0 Å². The van der Waals surface area contributed by atoms with Crippen LogP contribution in [0.25, 0.3) is 0 Å². The summed E-state index contributed by atoms with van der Waals surface area (Å²) in [6.45, 7) is 8.40. The lowest BCUT2D eigenvalue weighted by Crippen LogP contribution is -2.46. The van der Waals surface area contributed by atoms with Crippen molar-refractivity contribution >= 4 is 29.6 Å². The summed E-state index contributed by atoms with van der Waals surface area (Å²) in [5, 5.41) is 5.85. The third-order valence-corrected chi connectivity index (χ3v) is 4.85. The summed E-state index contributed by atoms with van der Waals surface area (Å²) in [5.41, 5.74) is 0.110. The van der Waals surface area contributed by atoms with E-state index in [2.05, 4.69) is 36.3 Å². The third-order valence-electron chi connectivity index (χ3n) is 4.85. The highest BCUT2D eigenvalue weighted by Gasteiger charge is 2.33. The van der Waals surface area contributed by atoms with E-state index < -0.39 is 17.8 Å². The van der Waals surface area contributed by atoms with E-state index in [1.807, 2.05) is 0 Å². The van der Waals surface area contributed by atoms with Gasteiger partial charge < -0.3 is 15.5 Å². The minimum atomic E-state index is -0.771. The second-order valence-corrected chi connectivity index (χ2v) is 8.88. The molecular formula is C20H32N4O6. The molecule has 168 valence electrons. The minimum absolute atomic E-state index is 0.0177. The average Bonchev–Trinajstić information content (AvgIpc) is 3.21. The van der Waals surface area contributed by atoms with E-state index in [1.165, 1.54) is 0 Å². The molecule has 2 heterocycles. The number of carbonyl (C=O) groups is 5. The number of carbonyl (C=O) groups excluding carboxylic acids is 5. The molecule has 0 aliphatic carbocycles. The summed E-state index contributed by atoms with van der Waals surface area (Å²) in [6, 6.07) is -0.155. The number of hydrogen-bond acceptors (Lipinski definition) is 7. The molecule has 10 nitrogen and oxygen atoms in total. The van der Waals surface area contributed by atoms with Crippen LogP contribution in [0.3, 0.4) is 0 Å². The first-order valence-electron chi connectivity index (χ1n) is 10.4. The first kappa shape index (κ1) is 23.8. The zero-order chi connectivity index (χ0) is 22.3. The van der Waals surface area contributed by atoms with E-state index in [-0.39, 0.29) is 62.0 Å². The Labute approximate surface area is 176 Å². The van der Waals surface area contributed by atoms with Gasteiger partial charge in [-0.1, -0.05) is 20.8 Å². The normalized spacial score (nSPS) is 19.8. The zero-order valence-electron chi connectivity index (χ0n) is 18.0. The van der Waals surface area contributed by atoms with Gasteiger partial charge in [-0.05, 0) is 24.8 Å². The largest absolute Gasteiger partial charge is 0.355 e. The van der Waals surface area contributed by atoms with Crippen molar-refractivity contribution in [2.75, 3.05) is 26.2 Å². The molecule has 1 unspecified atom stereocenters. The lowest BCUT2D eigenvalue weighted by Gasteiger charge is -2.30. The number of nitrogens with zero attached hydrogens (tertiary/aromatic N) is 2. The molecule has 0 radical (unpaired) electrons. The number of hydroxylamine groups is 2. The molecule has 0 aromatic carbocycles. The van der Waals surface area contributed by atoms with Gasteiger partial charge in [-0.3, -0.25) is 24.1 Å². The number of amides is 4.